The summed E-state index contributed by atoms with van der Waals surface area (Å²) >= 11 is 1.76. The van der Waals surface area contributed by atoms with Gasteiger partial charge in [-0.2, -0.15) is 11.3 Å². The first-order valence-corrected chi connectivity index (χ1v) is 9.58. The maximum atomic E-state index is 4.51. The highest BCUT2D eigenvalue weighted by Gasteiger charge is 2.28. The normalized spacial score (nSPS) is 22.4. The van der Waals surface area contributed by atoms with E-state index in [2.05, 4.69) is 61.6 Å². The third-order valence-electron chi connectivity index (χ3n) is 5.02. The maximum Gasteiger partial charge on any atom is 0.193 e. The summed E-state index contributed by atoms with van der Waals surface area (Å²) in [5.74, 6) is 2.15. The third kappa shape index (κ3) is 4.97. The summed E-state index contributed by atoms with van der Waals surface area (Å²) in [7, 11) is 1.88. The summed E-state index contributed by atoms with van der Waals surface area (Å²) in [4.78, 5) is 11.1. The highest BCUT2D eigenvalue weighted by molar-refractivity contribution is 14.0. The monoisotopic (exact) mass is 473 g/mol. The van der Waals surface area contributed by atoms with Gasteiger partial charge in [0.15, 0.2) is 5.96 Å². The molecular weight excluding hydrogens is 445 g/mol. The number of halogens is 1. The van der Waals surface area contributed by atoms with E-state index in [-0.39, 0.29) is 24.0 Å². The van der Waals surface area contributed by atoms with Crippen molar-refractivity contribution in [1.82, 2.24) is 19.8 Å². The number of aliphatic imine (C=N–C) groups is 1. The van der Waals surface area contributed by atoms with Gasteiger partial charge in [-0.05, 0) is 40.6 Å². The van der Waals surface area contributed by atoms with Crippen LogP contribution in [0.1, 0.15) is 37.8 Å². The molecule has 1 fully saturated rings. The zero-order chi connectivity index (χ0) is 16.9. The highest BCUT2D eigenvalue weighted by atomic mass is 127. The summed E-state index contributed by atoms with van der Waals surface area (Å²) in [5.41, 5.74) is 1.39. The van der Waals surface area contributed by atoms with Crippen molar-refractivity contribution >= 4 is 41.3 Å². The highest BCUT2D eigenvalue weighted by Crippen LogP contribution is 2.27. The van der Waals surface area contributed by atoms with Crippen LogP contribution in [0.25, 0.3) is 0 Å². The van der Waals surface area contributed by atoms with Crippen molar-refractivity contribution < 1.29 is 0 Å². The van der Waals surface area contributed by atoms with E-state index in [0.717, 1.165) is 25.6 Å². The largest absolute Gasteiger partial charge is 0.356 e. The van der Waals surface area contributed by atoms with E-state index >= 15 is 0 Å². The molecule has 1 aliphatic heterocycles. The molecule has 25 heavy (non-hydrogen) atoms. The smallest absolute Gasteiger partial charge is 0.193 e. The molecule has 138 valence electrons. The number of hydrogen-bond acceptors (Lipinski definition) is 3. The topological polar surface area (TPSA) is 45.5 Å². The van der Waals surface area contributed by atoms with Crippen LogP contribution >= 0.6 is 35.3 Å². The fourth-order valence-electron chi connectivity index (χ4n) is 3.34. The van der Waals surface area contributed by atoms with Crippen molar-refractivity contribution in [2.45, 2.75) is 32.2 Å². The number of piperidine rings is 1. The van der Waals surface area contributed by atoms with Crippen molar-refractivity contribution in [3.05, 3.63) is 41.1 Å². The Morgan fingerprint density at radius 1 is 1.52 bits per heavy atom. The second-order valence-corrected chi connectivity index (χ2v) is 7.46. The molecule has 3 atom stereocenters. The van der Waals surface area contributed by atoms with Gasteiger partial charge < -0.3 is 14.8 Å². The van der Waals surface area contributed by atoms with E-state index in [0.29, 0.717) is 17.9 Å². The molecule has 2 aromatic heterocycles. The van der Waals surface area contributed by atoms with Gasteiger partial charge in [0.25, 0.3) is 0 Å². The van der Waals surface area contributed by atoms with E-state index in [1.165, 1.54) is 12.0 Å². The zero-order valence-electron chi connectivity index (χ0n) is 15.1. The lowest BCUT2D eigenvalue weighted by atomic mass is 9.93. The van der Waals surface area contributed by atoms with Crippen molar-refractivity contribution in [3.8, 4) is 0 Å². The molecule has 0 aliphatic carbocycles. The lowest BCUT2D eigenvalue weighted by molar-refractivity contribution is 0.189. The van der Waals surface area contributed by atoms with E-state index in [1.807, 2.05) is 19.6 Å². The Kier molecular flexibility index (Phi) is 7.74. The summed E-state index contributed by atoms with van der Waals surface area (Å²) in [6.45, 7) is 7.53. The molecule has 5 nitrogen and oxygen atoms in total. The number of thiophene rings is 1. The molecule has 0 amide bonds. The summed E-state index contributed by atoms with van der Waals surface area (Å²) in [6.07, 6.45) is 7.03. The molecule has 3 heterocycles. The summed E-state index contributed by atoms with van der Waals surface area (Å²) < 4.78 is 2.23. The van der Waals surface area contributed by atoms with Crippen LogP contribution in [-0.4, -0.2) is 47.1 Å². The fraction of sp³-hybridized carbons (Fsp3) is 0.556. The molecule has 2 aromatic rings. The predicted molar refractivity (Wildman–Crippen MR) is 116 cm³/mol. The SMILES string of the molecule is CN=C(NCC(C)c1ccsc1)N1CCC(C)C(n2ccnc2)C1.I. The van der Waals surface area contributed by atoms with Crippen LogP contribution in [0.5, 0.6) is 0 Å². The standard InChI is InChI=1S/C18H27N5S.HI/c1-14-4-7-22(11-17(14)23-8-6-20-13-23)18(19-3)21-10-15(2)16-5-9-24-12-16;/h5-6,8-9,12-15,17H,4,7,10-11H2,1-3H3,(H,19,21);1H. The minimum atomic E-state index is 0. The van der Waals surface area contributed by atoms with Crippen LogP contribution in [0.4, 0.5) is 0 Å². The van der Waals surface area contributed by atoms with Gasteiger partial charge in [0.1, 0.15) is 0 Å². The average Bonchev–Trinajstić information content (AvgIpc) is 3.30. The molecule has 7 heteroatoms. The summed E-state index contributed by atoms with van der Waals surface area (Å²) in [6, 6.07) is 2.66. The Bertz CT molecular complexity index is 640. The number of aromatic nitrogens is 2. The van der Waals surface area contributed by atoms with Gasteiger partial charge in [0.2, 0.25) is 0 Å². The van der Waals surface area contributed by atoms with Gasteiger partial charge in [-0.15, -0.1) is 24.0 Å². The first-order valence-electron chi connectivity index (χ1n) is 8.64. The molecule has 0 bridgehead atoms. The van der Waals surface area contributed by atoms with E-state index < -0.39 is 0 Å². The number of rotatable bonds is 4. The molecule has 1 N–H and O–H groups in total. The average molecular weight is 473 g/mol. The van der Waals surface area contributed by atoms with Crippen LogP contribution in [0.3, 0.4) is 0 Å². The number of hydrogen-bond donors (Lipinski definition) is 1. The fourth-order valence-corrected chi connectivity index (χ4v) is 4.13. The van der Waals surface area contributed by atoms with Crippen molar-refractivity contribution in [3.63, 3.8) is 0 Å². The number of guanidine groups is 1. The minimum absolute atomic E-state index is 0. The first-order chi connectivity index (χ1) is 11.7. The molecule has 3 rings (SSSR count). The quantitative estimate of drug-likeness (QED) is 0.417. The van der Waals surface area contributed by atoms with Crippen LogP contribution in [0.15, 0.2) is 40.5 Å². The molecule has 0 saturated carbocycles. The Morgan fingerprint density at radius 3 is 3.00 bits per heavy atom. The van der Waals surface area contributed by atoms with Crippen LogP contribution in [0.2, 0.25) is 0 Å². The lowest BCUT2D eigenvalue weighted by Crippen LogP contribution is -2.49. The molecule has 1 saturated heterocycles. The van der Waals surface area contributed by atoms with Crippen molar-refractivity contribution in [2.75, 3.05) is 26.7 Å². The molecule has 0 radical (unpaired) electrons. The summed E-state index contributed by atoms with van der Waals surface area (Å²) in [5, 5.41) is 7.93. The Labute approximate surface area is 171 Å². The molecule has 1 aliphatic rings. The van der Waals surface area contributed by atoms with Crippen molar-refractivity contribution in [1.29, 1.82) is 0 Å². The van der Waals surface area contributed by atoms with Crippen LogP contribution < -0.4 is 5.32 Å². The Morgan fingerprint density at radius 2 is 2.36 bits per heavy atom. The Balaban J connectivity index is 0.00000225. The van der Waals surface area contributed by atoms with Gasteiger partial charge in [-0.25, -0.2) is 4.98 Å². The van der Waals surface area contributed by atoms with Gasteiger partial charge in [0, 0.05) is 39.1 Å². The zero-order valence-corrected chi connectivity index (χ0v) is 18.3. The van der Waals surface area contributed by atoms with Gasteiger partial charge in [-0.1, -0.05) is 13.8 Å². The van der Waals surface area contributed by atoms with Crippen molar-refractivity contribution in [2.24, 2.45) is 10.9 Å². The maximum absolute atomic E-state index is 4.51. The van der Waals surface area contributed by atoms with Gasteiger partial charge in [0.05, 0.1) is 12.4 Å². The van der Waals surface area contributed by atoms with Gasteiger partial charge in [-0.3, -0.25) is 4.99 Å². The predicted octanol–water partition coefficient (Wildman–Crippen LogP) is 3.82. The van der Waals surface area contributed by atoms with E-state index in [1.54, 1.807) is 11.3 Å². The van der Waals surface area contributed by atoms with Crippen LogP contribution in [0, 0.1) is 5.92 Å². The second kappa shape index (κ2) is 9.56. The number of imidazole rings is 1. The lowest BCUT2D eigenvalue weighted by Gasteiger charge is -2.39. The Hall–Kier alpha value is -1.09. The van der Waals surface area contributed by atoms with Gasteiger partial charge >= 0.3 is 0 Å². The van der Waals surface area contributed by atoms with E-state index in [9.17, 15) is 0 Å². The third-order valence-corrected chi connectivity index (χ3v) is 5.72. The second-order valence-electron chi connectivity index (χ2n) is 6.68. The molecular formula is C18H28IN5S. The first kappa shape index (κ1) is 20.2. The molecule has 3 unspecified atom stereocenters. The molecule has 0 spiro atoms. The minimum Gasteiger partial charge on any atom is -0.356 e. The number of nitrogens with one attached hydrogen (secondary N) is 1. The molecule has 0 aromatic carbocycles. The number of nitrogens with zero attached hydrogens (tertiary/aromatic N) is 4. The number of likely N-dealkylation sites (tertiary alicyclic amines) is 1. The van der Waals surface area contributed by atoms with Crippen LogP contribution in [-0.2, 0) is 0 Å². The van der Waals surface area contributed by atoms with E-state index in [4.69, 9.17) is 0 Å².